The van der Waals surface area contributed by atoms with E-state index in [1.165, 1.54) is 6.92 Å². The molecule has 0 spiro atoms. The number of rotatable bonds is 4. The van der Waals surface area contributed by atoms with Crippen LogP contribution in [0.25, 0.3) is 0 Å². The third kappa shape index (κ3) is 3.88. The van der Waals surface area contributed by atoms with E-state index in [0.717, 1.165) is 6.42 Å². The molecule has 20 heavy (non-hydrogen) atoms. The highest BCUT2D eigenvalue weighted by atomic mass is 16.5. The van der Waals surface area contributed by atoms with Crippen LogP contribution in [0.15, 0.2) is 18.2 Å². The van der Waals surface area contributed by atoms with Crippen LogP contribution in [0.1, 0.15) is 23.7 Å². The molecular formula is C14H18N2O4. The summed E-state index contributed by atoms with van der Waals surface area (Å²) in [5, 5.41) is 5.34. The Kier molecular flexibility index (Phi) is 4.81. The van der Waals surface area contributed by atoms with Crippen LogP contribution in [-0.2, 0) is 4.79 Å². The average Bonchev–Trinajstić information content (AvgIpc) is 2.67. The highest BCUT2D eigenvalue weighted by Gasteiger charge is 2.13. The molecule has 1 aliphatic rings. The molecule has 0 saturated heterocycles. The van der Waals surface area contributed by atoms with Gasteiger partial charge in [0.15, 0.2) is 11.5 Å². The Morgan fingerprint density at radius 1 is 1.10 bits per heavy atom. The summed E-state index contributed by atoms with van der Waals surface area (Å²) >= 11 is 0. The van der Waals surface area contributed by atoms with Gasteiger partial charge in [-0.1, -0.05) is 0 Å². The summed E-state index contributed by atoms with van der Waals surface area (Å²) in [5.74, 6) is 0.940. The van der Waals surface area contributed by atoms with E-state index in [9.17, 15) is 9.59 Å². The molecule has 0 radical (unpaired) electrons. The minimum absolute atomic E-state index is 0.116. The average molecular weight is 278 g/mol. The van der Waals surface area contributed by atoms with E-state index < -0.39 is 0 Å². The molecule has 0 aliphatic carbocycles. The fourth-order valence-electron chi connectivity index (χ4n) is 1.82. The van der Waals surface area contributed by atoms with Crippen LogP contribution in [0, 0.1) is 0 Å². The molecule has 0 unspecified atom stereocenters. The molecule has 2 rings (SSSR count). The van der Waals surface area contributed by atoms with Crippen molar-refractivity contribution in [1.29, 1.82) is 0 Å². The number of carbonyl (C=O) groups excluding carboxylic acids is 2. The van der Waals surface area contributed by atoms with Crippen LogP contribution >= 0.6 is 0 Å². The zero-order valence-electron chi connectivity index (χ0n) is 11.4. The number of ether oxygens (including phenoxy) is 2. The fourth-order valence-corrected chi connectivity index (χ4v) is 1.82. The van der Waals surface area contributed by atoms with E-state index in [1.54, 1.807) is 18.2 Å². The van der Waals surface area contributed by atoms with Crippen molar-refractivity contribution >= 4 is 11.8 Å². The number of amides is 2. The molecule has 6 nitrogen and oxygen atoms in total. The molecule has 0 bridgehead atoms. The van der Waals surface area contributed by atoms with Gasteiger partial charge in [-0.25, -0.2) is 0 Å². The molecular weight excluding hydrogens is 260 g/mol. The number of fused-ring (bicyclic) bond motifs is 1. The zero-order chi connectivity index (χ0) is 14.4. The Bertz CT molecular complexity index is 502. The van der Waals surface area contributed by atoms with Gasteiger partial charge in [-0.3, -0.25) is 9.59 Å². The van der Waals surface area contributed by atoms with Gasteiger partial charge in [-0.2, -0.15) is 0 Å². The van der Waals surface area contributed by atoms with Crippen molar-refractivity contribution in [2.45, 2.75) is 13.3 Å². The molecule has 6 heteroatoms. The number of benzene rings is 1. The third-order valence-electron chi connectivity index (χ3n) is 2.79. The second-order valence-electron chi connectivity index (χ2n) is 4.45. The summed E-state index contributed by atoms with van der Waals surface area (Å²) in [5.41, 5.74) is 0.511. The van der Waals surface area contributed by atoms with Crippen LogP contribution in [0.5, 0.6) is 11.5 Å². The molecule has 1 aliphatic heterocycles. The van der Waals surface area contributed by atoms with Crippen LogP contribution in [-0.4, -0.2) is 38.1 Å². The van der Waals surface area contributed by atoms with E-state index in [0.29, 0.717) is 43.4 Å². The van der Waals surface area contributed by atoms with Gasteiger partial charge in [-0.15, -0.1) is 0 Å². The molecule has 1 aromatic rings. The lowest BCUT2D eigenvalue weighted by atomic mass is 10.2. The maximum absolute atomic E-state index is 11.9. The molecule has 1 heterocycles. The van der Waals surface area contributed by atoms with Crippen molar-refractivity contribution in [3.8, 4) is 11.5 Å². The van der Waals surface area contributed by atoms with Gasteiger partial charge in [0, 0.05) is 32.0 Å². The maximum Gasteiger partial charge on any atom is 0.251 e. The molecule has 0 aromatic heterocycles. The van der Waals surface area contributed by atoms with Gasteiger partial charge in [0.25, 0.3) is 5.91 Å². The van der Waals surface area contributed by atoms with Gasteiger partial charge >= 0.3 is 0 Å². The predicted octanol–water partition coefficient (Wildman–Crippen LogP) is 0.714. The van der Waals surface area contributed by atoms with E-state index in [1.807, 2.05) is 0 Å². The van der Waals surface area contributed by atoms with Crippen LogP contribution < -0.4 is 20.1 Å². The first-order chi connectivity index (χ1) is 9.66. The smallest absolute Gasteiger partial charge is 0.251 e. The topological polar surface area (TPSA) is 76.7 Å². The minimum atomic E-state index is -0.203. The van der Waals surface area contributed by atoms with Crippen molar-refractivity contribution in [3.63, 3.8) is 0 Å². The molecule has 0 fully saturated rings. The summed E-state index contributed by atoms with van der Waals surface area (Å²) in [6.07, 6.45) is 0.826. The highest BCUT2D eigenvalue weighted by molar-refractivity contribution is 5.94. The van der Waals surface area contributed by atoms with E-state index >= 15 is 0 Å². The van der Waals surface area contributed by atoms with E-state index in [4.69, 9.17) is 9.47 Å². The highest BCUT2D eigenvalue weighted by Crippen LogP contribution is 2.30. The van der Waals surface area contributed by atoms with Crippen LogP contribution in [0.2, 0.25) is 0 Å². The number of hydrogen-bond acceptors (Lipinski definition) is 4. The lowest BCUT2D eigenvalue weighted by Crippen LogP contribution is -2.33. The largest absolute Gasteiger partial charge is 0.490 e. The quantitative estimate of drug-likeness (QED) is 0.795. The van der Waals surface area contributed by atoms with Gasteiger partial charge in [0.05, 0.1) is 13.2 Å². The van der Waals surface area contributed by atoms with Crippen molar-refractivity contribution in [1.82, 2.24) is 10.6 Å². The van der Waals surface area contributed by atoms with E-state index in [-0.39, 0.29) is 11.8 Å². The third-order valence-corrected chi connectivity index (χ3v) is 2.79. The predicted molar refractivity (Wildman–Crippen MR) is 73.1 cm³/mol. The summed E-state index contributed by atoms with van der Waals surface area (Å²) in [7, 11) is 0. The van der Waals surface area contributed by atoms with Crippen molar-refractivity contribution in [2.24, 2.45) is 0 Å². The van der Waals surface area contributed by atoms with Crippen molar-refractivity contribution < 1.29 is 19.1 Å². The van der Waals surface area contributed by atoms with Crippen LogP contribution in [0.4, 0.5) is 0 Å². The Hall–Kier alpha value is -2.24. The number of carbonyl (C=O) groups is 2. The van der Waals surface area contributed by atoms with Gasteiger partial charge in [-0.05, 0) is 18.2 Å². The fraction of sp³-hybridized carbons (Fsp3) is 0.429. The SMILES string of the molecule is CC(=O)NCCNC(=O)c1ccc2c(c1)OCCCO2. The van der Waals surface area contributed by atoms with Crippen LogP contribution in [0.3, 0.4) is 0 Å². The lowest BCUT2D eigenvalue weighted by molar-refractivity contribution is -0.118. The zero-order valence-corrected chi connectivity index (χ0v) is 11.4. The normalized spacial score (nSPS) is 13.2. The summed E-state index contributed by atoms with van der Waals surface area (Å²) in [4.78, 5) is 22.6. The first kappa shape index (κ1) is 14.2. The van der Waals surface area contributed by atoms with Crippen molar-refractivity contribution in [2.75, 3.05) is 26.3 Å². The van der Waals surface area contributed by atoms with Gasteiger partial charge < -0.3 is 20.1 Å². The minimum Gasteiger partial charge on any atom is -0.490 e. The molecule has 2 amide bonds. The van der Waals surface area contributed by atoms with E-state index in [2.05, 4.69) is 10.6 Å². The second-order valence-corrected chi connectivity index (χ2v) is 4.45. The number of hydrogen-bond donors (Lipinski definition) is 2. The maximum atomic E-state index is 11.9. The van der Waals surface area contributed by atoms with Gasteiger partial charge in [0.2, 0.25) is 5.91 Å². The monoisotopic (exact) mass is 278 g/mol. The van der Waals surface area contributed by atoms with Gasteiger partial charge in [0.1, 0.15) is 0 Å². The Balaban J connectivity index is 1.93. The molecule has 1 aromatic carbocycles. The standard InChI is InChI=1S/C14H18N2O4/c1-10(17)15-5-6-16-14(18)11-3-4-12-13(9-11)20-8-2-7-19-12/h3-4,9H,2,5-8H2,1H3,(H,15,17)(H,16,18). The Morgan fingerprint density at radius 2 is 1.80 bits per heavy atom. The first-order valence-corrected chi connectivity index (χ1v) is 6.59. The molecule has 0 saturated carbocycles. The van der Waals surface area contributed by atoms with Crippen molar-refractivity contribution in [3.05, 3.63) is 23.8 Å². The first-order valence-electron chi connectivity index (χ1n) is 6.59. The number of nitrogens with one attached hydrogen (secondary N) is 2. The second kappa shape index (κ2) is 6.79. The molecule has 108 valence electrons. The Labute approximate surface area is 117 Å². The Morgan fingerprint density at radius 3 is 2.55 bits per heavy atom. The summed E-state index contributed by atoms with van der Waals surface area (Å²) in [6, 6.07) is 5.11. The summed E-state index contributed by atoms with van der Waals surface area (Å²) in [6.45, 7) is 3.43. The summed E-state index contributed by atoms with van der Waals surface area (Å²) < 4.78 is 11.0. The lowest BCUT2D eigenvalue weighted by Gasteiger charge is -2.10. The molecule has 0 atom stereocenters. The molecule has 2 N–H and O–H groups in total.